The lowest BCUT2D eigenvalue weighted by atomic mass is 10.6. The molecule has 0 atom stereocenters. The summed E-state index contributed by atoms with van der Waals surface area (Å²) in [5.41, 5.74) is 0. The van der Waals surface area contributed by atoms with Gasteiger partial charge in [0.1, 0.15) is 0 Å². The maximum Gasteiger partial charge on any atom is 0.316 e. The molecule has 0 saturated heterocycles. The third-order valence-electron chi connectivity index (χ3n) is 0.865. The normalized spacial score (nSPS) is 12.4. The fourth-order valence-electron chi connectivity index (χ4n) is 0.448. The molecule has 0 aromatic rings. The summed E-state index contributed by atoms with van der Waals surface area (Å²) in [6, 6.07) is 0.0970. The summed E-state index contributed by atoms with van der Waals surface area (Å²) in [6.07, 6.45) is 0.114. The van der Waals surface area contributed by atoms with Crippen LogP contribution in [0.4, 0.5) is 0 Å². The molecule has 0 unspecified atom stereocenters. The van der Waals surface area contributed by atoms with E-state index in [0.717, 1.165) is 0 Å². The number of hydrogen-bond donors (Lipinski definition) is 3. The molecule has 5 nitrogen and oxygen atoms in total. The smallest absolute Gasteiger partial charge is 0.316 e. The predicted octanol–water partition coefficient (Wildman–Crippen LogP) is -1.53. The Balaban J connectivity index is 3.39. The van der Waals surface area contributed by atoms with E-state index in [4.69, 9.17) is 14.1 Å². The summed E-state index contributed by atoms with van der Waals surface area (Å²) in [6.45, 7) is 0. The minimum Gasteiger partial charge on any atom is -0.413 e. The Hall–Kier alpha value is 0.0469. The maximum atomic E-state index is 10.0. The van der Waals surface area contributed by atoms with Gasteiger partial charge in [0.05, 0.1) is 5.75 Å². The van der Waals surface area contributed by atoms with Crippen molar-refractivity contribution in [3.63, 3.8) is 0 Å². The van der Waals surface area contributed by atoms with Crippen molar-refractivity contribution in [2.24, 2.45) is 0 Å². The van der Waals surface area contributed by atoms with E-state index in [1.54, 1.807) is 0 Å². The van der Waals surface area contributed by atoms with E-state index in [1.165, 1.54) is 0 Å². The van der Waals surface area contributed by atoms with E-state index in [0.29, 0.717) is 0 Å². The van der Waals surface area contributed by atoms with Gasteiger partial charge in [0.2, 0.25) is 0 Å². The maximum absolute atomic E-state index is 10.0. The fraction of sp³-hybridized carbons (Fsp3) is 1.00. The molecule has 10 heavy (non-hydrogen) atoms. The van der Waals surface area contributed by atoms with Gasteiger partial charge in [0.25, 0.3) is 10.1 Å². The second-order valence-corrected chi connectivity index (χ2v) is 5.02. The molecular weight excluding hydrogens is 176 g/mol. The monoisotopic (exact) mass is 186 g/mol. The summed E-state index contributed by atoms with van der Waals surface area (Å²) in [7, 11) is -6.56. The van der Waals surface area contributed by atoms with Crippen molar-refractivity contribution in [1.29, 1.82) is 0 Å². The molecule has 0 aliphatic heterocycles. The van der Waals surface area contributed by atoms with Gasteiger partial charge in [-0.3, -0.25) is 4.55 Å². The fourth-order valence-corrected chi connectivity index (χ4v) is 1.84. The largest absolute Gasteiger partial charge is 0.413 e. The van der Waals surface area contributed by atoms with Crippen molar-refractivity contribution in [3.8, 4) is 0 Å². The zero-order valence-electron chi connectivity index (χ0n) is 5.27. The molecule has 0 saturated carbocycles. The van der Waals surface area contributed by atoms with Gasteiger partial charge in [-0.05, 0) is 12.5 Å². The highest BCUT2D eigenvalue weighted by Crippen LogP contribution is 1.95. The van der Waals surface area contributed by atoms with Gasteiger partial charge in [-0.25, -0.2) is 0 Å². The molecule has 7 heteroatoms. The zero-order chi connectivity index (χ0) is 8.20. The van der Waals surface area contributed by atoms with Crippen LogP contribution in [0.5, 0.6) is 0 Å². The van der Waals surface area contributed by atoms with E-state index < -0.39 is 25.2 Å². The molecule has 0 amide bonds. The van der Waals surface area contributed by atoms with E-state index in [-0.39, 0.29) is 12.5 Å². The van der Waals surface area contributed by atoms with Crippen molar-refractivity contribution < 1.29 is 22.6 Å². The third kappa shape index (κ3) is 8.05. The second-order valence-electron chi connectivity index (χ2n) is 1.91. The van der Waals surface area contributed by atoms with Gasteiger partial charge in [-0.15, -0.1) is 0 Å². The molecule has 3 N–H and O–H groups in total. The number of rotatable bonds is 4. The van der Waals surface area contributed by atoms with Crippen molar-refractivity contribution >= 4 is 19.4 Å². The molecule has 0 heterocycles. The van der Waals surface area contributed by atoms with Crippen LogP contribution in [0.1, 0.15) is 6.42 Å². The van der Waals surface area contributed by atoms with Gasteiger partial charge < -0.3 is 9.59 Å². The van der Waals surface area contributed by atoms with E-state index in [2.05, 4.69) is 0 Å². The highest BCUT2D eigenvalue weighted by Gasteiger charge is 2.07. The van der Waals surface area contributed by atoms with Crippen LogP contribution < -0.4 is 0 Å². The van der Waals surface area contributed by atoms with Crippen LogP contribution in [-0.2, 0) is 10.1 Å². The Morgan fingerprint density at radius 2 is 1.80 bits per heavy atom. The van der Waals surface area contributed by atoms with Crippen LogP contribution >= 0.6 is 0 Å². The van der Waals surface area contributed by atoms with Crippen molar-refractivity contribution in [2.45, 2.75) is 12.5 Å². The minimum atomic E-state index is -3.92. The molecular formula is C3H10O5SSi. The van der Waals surface area contributed by atoms with E-state index in [1.807, 2.05) is 0 Å². The Kier molecular flexibility index (Phi) is 4.06. The summed E-state index contributed by atoms with van der Waals surface area (Å²) in [4.78, 5) is 16.7. The average molecular weight is 186 g/mol. The molecule has 0 spiro atoms. The Labute approximate surface area is 60.9 Å². The van der Waals surface area contributed by atoms with Crippen molar-refractivity contribution in [1.82, 2.24) is 0 Å². The standard InChI is InChI=1S/C3H10O5SSi/c4-9(5,6)2-1-3-10(7)8/h7-8,10H,1-3H2,(H,4,5,6). The Morgan fingerprint density at radius 1 is 1.30 bits per heavy atom. The van der Waals surface area contributed by atoms with Crippen LogP contribution in [0.2, 0.25) is 6.04 Å². The van der Waals surface area contributed by atoms with Crippen molar-refractivity contribution in [3.05, 3.63) is 0 Å². The van der Waals surface area contributed by atoms with Crippen LogP contribution in [-0.4, -0.2) is 37.6 Å². The van der Waals surface area contributed by atoms with Crippen LogP contribution in [0.3, 0.4) is 0 Å². The SMILES string of the molecule is O=S(=O)(O)CCC[SiH](O)O. The van der Waals surface area contributed by atoms with Crippen LogP contribution in [0.15, 0.2) is 0 Å². The first-order chi connectivity index (χ1) is 4.42. The molecule has 0 aromatic carbocycles. The number of hydrogen-bond acceptors (Lipinski definition) is 4. The third-order valence-corrected chi connectivity index (χ3v) is 2.59. The lowest BCUT2D eigenvalue weighted by Gasteiger charge is -1.97. The van der Waals surface area contributed by atoms with E-state index in [9.17, 15) is 8.42 Å². The first-order valence-electron chi connectivity index (χ1n) is 2.73. The quantitative estimate of drug-likeness (QED) is 0.366. The molecule has 0 rings (SSSR count). The van der Waals surface area contributed by atoms with Gasteiger partial charge in [-0.1, -0.05) is 0 Å². The minimum absolute atomic E-state index is 0.0970. The summed E-state index contributed by atoms with van der Waals surface area (Å²) in [5.74, 6) is -0.391. The molecule has 0 aliphatic rings. The highest BCUT2D eigenvalue weighted by atomic mass is 32.2. The van der Waals surface area contributed by atoms with Gasteiger partial charge in [-0.2, -0.15) is 8.42 Å². The lowest BCUT2D eigenvalue weighted by Crippen LogP contribution is -2.13. The Bertz CT molecular complexity index is 173. The second kappa shape index (κ2) is 4.04. The van der Waals surface area contributed by atoms with Gasteiger partial charge >= 0.3 is 9.28 Å². The predicted molar refractivity (Wildman–Crippen MR) is 37.4 cm³/mol. The van der Waals surface area contributed by atoms with Gasteiger partial charge in [0, 0.05) is 0 Å². The molecule has 0 aromatic heterocycles. The molecule has 0 radical (unpaired) electrons. The molecule has 0 fully saturated rings. The highest BCUT2D eigenvalue weighted by molar-refractivity contribution is 7.85. The van der Waals surface area contributed by atoms with Gasteiger partial charge in [0.15, 0.2) is 0 Å². The van der Waals surface area contributed by atoms with Crippen LogP contribution in [0, 0.1) is 0 Å². The molecule has 0 aliphatic carbocycles. The summed E-state index contributed by atoms with van der Waals surface area (Å²) >= 11 is 0. The average Bonchev–Trinajstić information content (AvgIpc) is 1.59. The molecule has 0 bridgehead atoms. The lowest BCUT2D eigenvalue weighted by molar-refractivity contribution is 0.404. The molecule has 62 valence electrons. The summed E-state index contributed by atoms with van der Waals surface area (Å²) in [5, 5.41) is 0. The Morgan fingerprint density at radius 3 is 2.10 bits per heavy atom. The van der Waals surface area contributed by atoms with Crippen molar-refractivity contribution in [2.75, 3.05) is 5.75 Å². The van der Waals surface area contributed by atoms with E-state index >= 15 is 0 Å². The zero-order valence-corrected chi connectivity index (χ0v) is 7.24. The topological polar surface area (TPSA) is 94.8 Å². The first-order valence-corrected chi connectivity index (χ1v) is 6.19. The summed E-state index contributed by atoms with van der Waals surface area (Å²) < 4.78 is 28.2. The van der Waals surface area contributed by atoms with Crippen LogP contribution in [0.25, 0.3) is 0 Å². The first kappa shape index (κ1) is 10.0.